The van der Waals surface area contributed by atoms with E-state index in [-0.39, 0.29) is 23.1 Å². The summed E-state index contributed by atoms with van der Waals surface area (Å²) in [6, 6.07) is 4.38. The van der Waals surface area contributed by atoms with Crippen molar-refractivity contribution in [1.29, 1.82) is 5.26 Å². The van der Waals surface area contributed by atoms with Gasteiger partial charge in [-0.2, -0.15) is 5.26 Å². The van der Waals surface area contributed by atoms with E-state index in [2.05, 4.69) is 9.97 Å². The fraction of sp³-hybridized carbons (Fsp3) is 0.100. The number of H-pyrrole nitrogens is 1. The molecule has 0 fully saturated rings. The molecule has 0 unspecified atom stereocenters. The zero-order chi connectivity index (χ0) is 12.4. The van der Waals surface area contributed by atoms with Crippen molar-refractivity contribution >= 4 is 16.6 Å². The molecule has 7 nitrogen and oxygen atoms in total. The highest BCUT2D eigenvalue weighted by molar-refractivity contribution is 5.81. The molecule has 1 aromatic carbocycles. The number of aromatic nitrogens is 2. The zero-order valence-electron chi connectivity index (χ0n) is 8.51. The first-order valence-corrected chi connectivity index (χ1v) is 4.65. The first-order chi connectivity index (χ1) is 8.13. The van der Waals surface area contributed by atoms with Gasteiger partial charge in [0, 0.05) is 11.6 Å². The lowest BCUT2D eigenvalue weighted by Crippen LogP contribution is -2.07. The van der Waals surface area contributed by atoms with Gasteiger partial charge in [-0.25, -0.2) is 4.98 Å². The van der Waals surface area contributed by atoms with Gasteiger partial charge in [0.05, 0.1) is 34.6 Å². The molecule has 1 aromatic heterocycles. The van der Waals surface area contributed by atoms with Crippen molar-refractivity contribution in [2.75, 3.05) is 0 Å². The normalized spacial score (nSPS) is 10.1. The van der Waals surface area contributed by atoms with Crippen molar-refractivity contribution in [2.24, 2.45) is 0 Å². The van der Waals surface area contributed by atoms with Crippen LogP contribution in [0.15, 0.2) is 23.3 Å². The third-order valence-electron chi connectivity index (χ3n) is 2.31. The summed E-state index contributed by atoms with van der Waals surface area (Å²) < 4.78 is 0. The molecule has 2 aromatic rings. The Morgan fingerprint density at radius 2 is 2.29 bits per heavy atom. The van der Waals surface area contributed by atoms with Gasteiger partial charge >= 0.3 is 0 Å². The number of nitrogens with zero attached hydrogens (tertiary/aromatic N) is 3. The number of hydrogen-bond donors (Lipinski definition) is 1. The number of nitrogens with one attached hydrogen (secondary N) is 1. The van der Waals surface area contributed by atoms with Crippen molar-refractivity contribution in [3.63, 3.8) is 0 Å². The smallest absolute Gasteiger partial charge is 0.274 e. The monoisotopic (exact) mass is 230 g/mol. The van der Waals surface area contributed by atoms with Crippen molar-refractivity contribution in [1.82, 2.24) is 9.97 Å². The van der Waals surface area contributed by atoms with E-state index in [1.807, 2.05) is 6.07 Å². The van der Waals surface area contributed by atoms with E-state index in [9.17, 15) is 14.9 Å². The lowest BCUT2D eigenvalue weighted by Gasteiger charge is -2.00. The van der Waals surface area contributed by atoms with Crippen molar-refractivity contribution in [3.8, 4) is 6.07 Å². The Bertz CT molecular complexity index is 699. The van der Waals surface area contributed by atoms with Crippen LogP contribution in [-0.4, -0.2) is 14.9 Å². The zero-order valence-corrected chi connectivity index (χ0v) is 8.51. The molecule has 7 heteroatoms. The Labute approximate surface area is 94.5 Å². The van der Waals surface area contributed by atoms with E-state index in [0.29, 0.717) is 5.52 Å². The van der Waals surface area contributed by atoms with Gasteiger partial charge in [-0.05, 0) is 6.07 Å². The van der Waals surface area contributed by atoms with E-state index in [0.717, 1.165) is 6.07 Å². The highest BCUT2D eigenvalue weighted by Gasteiger charge is 2.16. The van der Waals surface area contributed by atoms with Crippen molar-refractivity contribution in [2.45, 2.75) is 6.42 Å². The lowest BCUT2D eigenvalue weighted by molar-refractivity contribution is -0.385. The standard InChI is InChI=1S/C10H6N4O3/c11-2-1-6-3-8-7(4-9(6)14(16)17)10(15)13-5-12-8/h3-5H,1H2,(H,12,13,15). The third kappa shape index (κ3) is 1.83. The van der Waals surface area contributed by atoms with Crippen LogP contribution < -0.4 is 5.56 Å². The molecule has 84 valence electrons. The van der Waals surface area contributed by atoms with Crippen molar-refractivity contribution in [3.05, 3.63) is 44.5 Å². The highest BCUT2D eigenvalue weighted by Crippen LogP contribution is 2.23. The molecule has 1 heterocycles. The summed E-state index contributed by atoms with van der Waals surface area (Å²) in [6.45, 7) is 0. The highest BCUT2D eigenvalue weighted by atomic mass is 16.6. The fourth-order valence-electron chi connectivity index (χ4n) is 1.54. The molecule has 0 radical (unpaired) electrons. The van der Waals surface area contributed by atoms with E-state index in [1.165, 1.54) is 12.4 Å². The van der Waals surface area contributed by atoms with Crippen LogP contribution in [0.5, 0.6) is 0 Å². The van der Waals surface area contributed by atoms with Crippen LogP contribution in [0.3, 0.4) is 0 Å². The molecule has 1 N–H and O–H groups in total. The predicted molar refractivity (Wildman–Crippen MR) is 58.3 cm³/mol. The molecule has 0 amide bonds. The molecule has 0 saturated carbocycles. The number of fused-ring (bicyclic) bond motifs is 1. The van der Waals surface area contributed by atoms with Crippen LogP contribution in [0, 0.1) is 21.4 Å². The second kappa shape index (κ2) is 4.02. The second-order valence-electron chi connectivity index (χ2n) is 3.32. The van der Waals surface area contributed by atoms with Gasteiger partial charge in [0.15, 0.2) is 0 Å². The maximum absolute atomic E-state index is 11.4. The Morgan fingerprint density at radius 3 is 2.94 bits per heavy atom. The van der Waals surface area contributed by atoms with E-state index >= 15 is 0 Å². The molecule has 0 saturated heterocycles. The summed E-state index contributed by atoms with van der Waals surface area (Å²) >= 11 is 0. The number of aromatic amines is 1. The Balaban J connectivity index is 2.83. The Kier molecular flexibility index (Phi) is 2.54. The number of nitro groups is 1. The molecule has 0 atom stereocenters. The predicted octanol–water partition coefficient (Wildman–Crippen LogP) is 0.897. The lowest BCUT2D eigenvalue weighted by atomic mass is 10.1. The average Bonchev–Trinajstić information content (AvgIpc) is 2.29. The molecular formula is C10H6N4O3. The fourth-order valence-corrected chi connectivity index (χ4v) is 1.54. The van der Waals surface area contributed by atoms with Gasteiger partial charge in [0.2, 0.25) is 0 Å². The number of nitriles is 1. The summed E-state index contributed by atoms with van der Waals surface area (Å²) in [5.41, 5.74) is -0.0909. The first kappa shape index (κ1) is 10.8. The molecular weight excluding hydrogens is 224 g/mol. The maximum Gasteiger partial charge on any atom is 0.274 e. The molecule has 0 aliphatic rings. The minimum atomic E-state index is -0.613. The number of rotatable bonds is 2. The van der Waals surface area contributed by atoms with Gasteiger partial charge in [-0.3, -0.25) is 14.9 Å². The quantitative estimate of drug-likeness (QED) is 0.608. The molecule has 0 aliphatic heterocycles. The molecule has 0 spiro atoms. The van der Waals surface area contributed by atoms with Gasteiger partial charge in [-0.15, -0.1) is 0 Å². The average molecular weight is 230 g/mol. The summed E-state index contributed by atoms with van der Waals surface area (Å²) in [5, 5.41) is 19.5. The SMILES string of the molecule is N#CCc1cc2nc[nH]c(=O)c2cc1[N+](=O)[O-]. The van der Waals surface area contributed by atoms with Crippen LogP contribution in [0.2, 0.25) is 0 Å². The Morgan fingerprint density at radius 1 is 1.53 bits per heavy atom. The maximum atomic E-state index is 11.4. The van der Waals surface area contributed by atoms with Gasteiger partial charge < -0.3 is 4.98 Å². The van der Waals surface area contributed by atoms with Crippen molar-refractivity contribution < 1.29 is 4.92 Å². The first-order valence-electron chi connectivity index (χ1n) is 4.65. The summed E-state index contributed by atoms with van der Waals surface area (Å²) in [5.74, 6) is 0. The summed E-state index contributed by atoms with van der Waals surface area (Å²) in [6.07, 6.45) is 1.12. The number of hydrogen-bond acceptors (Lipinski definition) is 5. The van der Waals surface area contributed by atoms with Gasteiger partial charge in [0.1, 0.15) is 0 Å². The van der Waals surface area contributed by atoms with Gasteiger partial charge in [-0.1, -0.05) is 0 Å². The van der Waals surface area contributed by atoms with E-state index in [4.69, 9.17) is 5.26 Å². The minimum absolute atomic E-state index is 0.0965. The molecule has 17 heavy (non-hydrogen) atoms. The number of nitro benzene ring substituents is 1. The van der Waals surface area contributed by atoms with Crippen LogP contribution >= 0.6 is 0 Å². The molecule has 2 rings (SSSR count). The second-order valence-corrected chi connectivity index (χ2v) is 3.32. The van der Waals surface area contributed by atoms with Gasteiger partial charge in [0.25, 0.3) is 11.2 Å². The van der Waals surface area contributed by atoms with Crippen LogP contribution in [0.1, 0.15) is 5.56 Å². The molecule has 0 bridgehead atoms. The number of benzene rings is 1. The van der Waals surface area contributed by atoms with Crippen LogP contribution in [-0.2, 0) is 6.42 Å². The third-order valence-corrected chi connectivity index (χ3v) is 2.31. The Hall–Kier alpha value is -2.75. The largest absolute Gasteiger partial charge is 0.313 e. The minimum Gasteiger partial charge on any atom is -0.313 e. The van der Waals surface area contributed by atoms with Crippen LogP contribution in [0.25, 0.3) is 10.9 Å². The summed E-state index contributed by atoms with van der Waals surface area (Å²) in [4.78, 5) is 27.9. The summed E-state index contributed by atoms with van der Waals surface area (Å²) in [7, 11) is 0. The van der Waals surface area contributed by atoms with E-state index in [1.54, 1.807) is 0 Å². The van der Waals surface area contributed by atoms with Crippen LogP contribution in [0.4, 0.5) is 5.69 Å². The van der Waals surface area contributed by atoms with E-state index < -0.39 is 10.5 Å². The topological polar surface area (TPSA) is 113 Å². The molecule has 0 aliphatic carbocycles.